The molecule has 0 aromatic carbocycles. The molecule has 0 N–H and O–H groups in total. The van der Waals surface area contributed by atoms with Crippen LogP contribution < -0.4 is 0 Å². The van der Waals surface area contributed by atoms with Gasteiger partial charge in [-0.05, 0) is 13.3 Å². The molecule has 0 aliphatic carbocycles. The molecular formula is C7H15FO. The summed E-state index contributed by atoms with van der Waals surface area (Å²) >= 11 is 0. The van der Waals surface area contributed by atoms with Crippen LogP contribution >= 0.6 is 0 Å². The van der Waals surface area contributed by atoms with Crippen molar-refractivity contribution in [1.82, 2.24) is 0 Å². The summed E-state index contributed by atoms with van der Waals surface area (Å²) in [6.45, 7) is 3.36. The molecule has 0 bridgehead atoms. The van der Waals surface area contributed by atoms with E-state index in [2.05, 4.69) is 11.7 Å². The van der Waals surface area contributed by atoms with Crippen molar-refractivity contribution in [2.75, 3.05) is 6.86 Å². The molecule has 0 aliphatic heterocycles. The lowest BCUT2D eigenvalue weighted by Crippen LogP contribution is -2.06. The summed E-state index contributed by atoms with van der Waals surface area (Å²) in [5, 5.41) is 0. The maximum absolute atomic E-state index is 11.4. The highest BCUT2D eigenvalue weighted by molar-refractivity contribution is 4.47. The van der Waals surface area contributed by atoms with Gasteiger partial charge < -0.3 is 4.74 Å². The van der Waals surface area contributed by atoms with Crippen LogP contribution in [-0.2, 0) is 4.74 Å². The maximum Gasteiger partial charge on any atom is 0.188 e. The van der Waals surface area contributed by atoms with Crippen molar-refractivity contribution in [3.05, 3.63) is 0 Å². The van der Waals surface area contributed by atoms with E-state index in [-0.39, 0.29) is 6.10 Å². The van der Waals surface area contributed by atoms with Crippen LogP contribution in [0.5, 0.6) is 0 Å². The zero-order valence-electron chi connectivity index (χ0n) is 6.19. The fourth-order valence-electron chi connectivity index (χ4n) is 0.682. The van der Waals surface area contributed by atoms with Crippen LogP contribution in [0.1, 0.15) is 33.1 Å². The zero-order valence-corrected chi connectivity index (χ0v) is 6.19. The van der Waals surface area contributed by atoms with Gasteiger partial charge in [-0.25, -0.2) is 4.39 Å². The lowest BCUT2D eigenvalue weighted by atomic mass is 10.2. The summed E-state index contributed by atoms with van der Waals surface area (Å²) in [5.41, 5.74) is 0. The van der Waals surface area contributed by atoms with Crippen LogP contribution in [0.15, 0.2) is 0 Å². The van der Waals surface area contributed by atoms with Crippen molar-refractivity contribution in [2.45, 2.75) is 39.2 Å². The Morgan fingerprint density at radius 1 is 1.56 bits per heavy atom. The van der Waals surface area contributed by atoms with E-state index in [0.29, 0.717) is 0 Å². The molecule has 0 aliphatic rings. The van der Waals surface area contributed by atoms with E-state index in [1.807, 2.05) is 6.92 Å². The van der Waals surface area contributed by atoms with E-state index in [1.54, 1.807) is 0 Å². The van der Waals surface area contributed by atoms with Gasteiger partial charge in [0.1, 0.15) is 0 Å². The van der Waals surface area contributed by atoms with E-state index in [4.69, 9.17) is 0 Å². The second kappa shape index (κ2) is 6.02. The number of hydrogen-bond acceptors (Lipinski definition) is 1. The summed E-state index contributed by atoms with van der Waals surface area (Å²) in [5.74, 6) is 0. The van der Waals surface area contributed by atoms with Gasteiger partial charge >= 0.3 is 0 Å². The van der Waals surface area contributed by atoms with E-state index in [0.717, 1.165) is 19.3 Å². The molecule has 0 saturated carbocycles. The van der Waals surface area contributed by atoms with Gasteiger partial charge in [-0.1, -0.05) is 19.8 Å². The molecule has 0 fully saturated rings. The van der Waals surface area contributed by atoms with Gasteiger partial charge in [0, 0.05) is 0 Å². The topological polar surface area (TPSA) is 9.23 Å². The third kappa shape index (κ3) is 5.77. The number of rotatable bonds is 5. The molecule has 0 aromatic rings. The first-order chi connectivity index (χ1) is 4.31. The summed E-state index contributed by atoms with van der Waals surface area (Å²) in [7, 11) is 0. The molecular weight excluding hydrogens is 119 g/mol. The van der Waals surface area contributed by atoms with E-state index >= 15 is 0 Å². The van der Waals surface area contributed by atoms with Crippen molar-refractivity contribution in [1.29, 1.82) is 0 Å². The lowest BCUT2D eigenvalue weighted by Gasteiger charge is -2.07. The van der Waals surface area contributed by atoms with Gasteiger partial charge in [-0.3, -0.25) is 0 Å². The molecule has 1 atom stereocenters. The summed E-state index contributed by atoms with van der Waals surface area (Å²) in [6.07, 6.45) is 3.34. The Morgan fingerprint density at radius 2 is 2.22 bits per heavy atom. The molecule has 56 valence electrons. The monoisotopic (exact) mass is 134 g/mol. The molecule has 2 heteroatoms. The third-order valence-corrected chi connectivity index (χ3v) is 1.31. The standard InChI is InChI=1S/C7H15FO/c1-3-4-5-7(2)9-6-8/h7H,3-6H2,1-2H3. The quantitative estimate of drug-likeness (QED) is 0.561. The zero-order chi connectivity index (χ0) is 7.11. The first kappa shape index (κ1) is 8.89. The fraction of sp³-hybridized carbons (Fsp3) is 1.00. The second-order valence-electron chi connectivity index (χ2n) is 2.23. The molecule has 0 spiro atoms. The number of hydrogen-bond donors (Lipinski definition) is 0. The molecule has 0 amide bonds. The van der Waals surface area contributed by atoms with Gasteiger partial charge in [0.05, 0.1) is 6.10 Å². The largest absolute Gasteiger partial charge is 0.348 e. The number of alkyl halides is 1. The summed E-state index contributed by atoms with van der Waals surface area (Å²) < 4.78 is 16.1. The van der Waals surface area contributed by atoms with Crippen molar-refractivity contribution in [3.63, 3.8) is 0 Å². The minimum atomic E-state index is -0.648. The normalized spacial score (nSPS) is 13.7. The number of halogens is 1. The first-order valence-electron chi connectivity index (χ1n) is 3.48. The van der Waals surface area contributed by atoms with Gasteiger partial charge in [0.15, 0.2) is 6.86 Å². The molecule has 0 rings (SSSR count). The average molecular weight is 134 g/mol. The molecule has 0 saturated heterocycles. The molecule has 0 aromatic heterocycles. The molecule has 9 heavy (non-hydrogen) atoms. The van der Waals surface area contributed by atoms with Crippen LogP contribution in [0.2, 0.25) is 0 Å². The first-order valence-corrected chi connectivity index (χ1v) is 3.48. The van der Waals surface area contributed by atoms with Gasteiger partial charge in [-0.2, -0.15) is 0 Å². The minimum absolute atomic E-state index is 0.0925. The van der Waals surface area contributed by atoms with Crippen LogP contribution in [0.4, 0.5) is 4.39 Å². The molecule has 1 nitrogen and oxygen atoms in total. The Labute approximate surface area is 56.2 Å². The Balaban J connectivity index is 2.95. The maximum atomic E-state index is 11.4. The molecule has 0 heterocycles. The van der Waals surface area contributed by atoms with Crippen molar-refractivity contribution in [2.24, 2.45) is 0 Å². The summed E-state index contributed by atoms with van der Waals surface area (Å²) in [4.78, 5) is 0. The average Bonchev–Trinajstić information content (AvgIpc) is 1.85. The Morgan fingerprint density at radius 3 is 2.67 bits per heavy atom. The molecule has 0 radical (unpaired) electrons. The Kier molecular flexibility index (Phi) is 5.94. The van der Waals surface area contributed by atoms with Crippen LogP contribution in [-0.4, -0.2) is 13.0 Å². The van der Waals surface area contributed by atoms with E-state index in [1.165, 1.54) is 0 Å². The van der Waals surface area contributed by atoms with Crippen LogP contribution in [0, 0.1) is 0 Å². The van der Waals surface area contributed by atoms with Crippen LogP contribution in [0.25, 0.3) is 0 Å². The molecule has 1 unspecified atom stereocenters. The van der Waals surface area contributed by atoms with Crippen molar-refractivity contribution >= 4 is 0 Å². The highest BCUT2D eigenvalue weighted by Gasteiger charge is 1.98. The van der Waals surface area contributed by atoms with Crippen LogP contribution in [0.3, 0.4) is 0 Å². The number of ether oxygens (including phenoxy) is 1. The van der Waals surface area contributed by atoms with E-state index in [9.17, 15) is 4.39 Å². The highest BCUT2D eigenvalue weighted by Crippen LogP contribution is 2.02. The second-order valence-corrected chi connectivity index (χ2v) is 2.23. The summed E-state index contributed by atoms with van der Waals surface area (Å²) in [6, 6.07) is 0. The Bertz CT molecular complexity index is 56.9. The smallest absolute Gasteiger partial charge is 0.188 e. The Hall–Kier alpha value is -0.110. The minimum Gasteiger partial charge on any atom is -0.348 e. The van der Waals surface area contributed by atoms with Crippen molar-refractivity contribution < 1.29 is 9.13 Å². The predicted octanol–water partition coefficient (Wildman–Crippen LogP) is 2.51. The fourth-order valence-corrected chi connectivity index (χ4v) is 0.682. The third-order valence-electron chi connectivity index (χ3n) is 1.31. The van der Waals surface area contributed by atoms with Crippen molar-refractivity contribution in [3.8, 4) is 0 Å². The lowest BCUT2D eigenvalue weighted by molar-refractivity contribution is 0.000661. The predicted molar refractivity (Wildman–Crippen MR) is 36.0 cm³/mol. The highest BCUT2D eigenvalue weighted by atomic mass is 19.1. The van der Waals surface area contributed by atoms with E-state index < -0.39 is 6.86 Å². The van der Waals surface area contributed by atoms with Gasteiger partial charge in [0.2, 0.25) is 0 Å². The van der Waals surface area contributed by atoms with Gasteiger partial charge in [-0.15, -0.1) is 0 Å². The number of unbranched alkanes of at least 4 members (excludes halogenated alkanes) is 1. The van der Waals surface area contributed by atoms with Gasteiger partial charge in [0.25, 0.3) is 0 Å². The SMILES string of the molecule is CCCCC(C)OCF.